The number of benzene rings is 1. The summed E-state index contributed by atoms with van der Waals surface area (Å²) in [4.78, 5) is 11.6. The molecule has 0 aromatic heterocycles. The Morgan fingerprint density at radius 2 is 2.00 bits per heavy atom. The topological polar surface area (TPSA) is 35.5 Å². The molecule has 0 atom stereocenters. The molecule has 0 amide bonds. The third-order valence-corrected chi connectivity index (χ3v) is 2.47. The molecule has 0 spiro atoms. The summed E-state index contributed by atoms with van der Waals surface area (Å²) in [5, 5.41) is 0. The maximum Gasteiger partial charge on any atom is 0.311 e. The fourth-order valence-electron chi connectivity index (χ4n) is 1.44. The molecule has 94 valence electrons. The lowest BCUT2D eigenvalue weighted by atomic mass is 10.1. The highest BCUT2D eigenvalue weighted by Crippen LogP contribution is 2.28. The van der Waals surface area contributed by atoms with Crippen LogP contribution in [0.1, 0.15) is 32.3 Å². The Bertz CT molecular complexity index is 383. The van der Waals surface area contributed by atoms with Crippen LogP contribution in [0.2, 0.25) is 0 Å². The van der Waals surface area contributed by atoms with Crippen LogP contribution in [0.15, 0.2) is 18.2 Å². The zero-order valence-electron chi connectivity index (χ0n) is 10.9. The number of rotatable bonds is 5. The third-order valence-electron chi connectivity index (χ3n) is 2.47. The first-order valence-electron chi connectivity index (χ1n) is 5.88. The second-order valence-electron chi connectivity index (χ2n) is 4.56. The molecule has 1 aromatic rings. The summed E-state index contributed by atoms with van der Waals surface area (Å²) >= 11 is 0. The number of esters is 1. The van der Waals surface area contributed by atoms with E-state index in [1.807, 2.05) is 19.1 Å². The van der Waals surface area contributed by atoms with E-state index in [4.69, 9.17) is 9.47 Å². The number of carbonyl (C=O) groups is 1. The summed E-state index contributed by atoms with van der Waals surface area (Å²) in [7, 11) is 1.57. The lowest BCUT2D eigenvalue weighted by molar-refractivity contribution is -0.134. The Hall–Kier alpha value is -1.51. The molecule has 0 unspecified atom stereocenters. The molecule has 0 radical (unpaired) electrons. The Morgan fingerprint density at radius 3 is 2.59 bits per heavy atom. The first-order valence-corrected chi connectivity index (χ1v) is 5.88. The maximum atomic E-state index is 11.6. The Balaban J connectivity index is 2.64. The fourth-order valence-corrected chi connectivity index (χ4v) is 1.44. The molecule has 1 aromatic carbocycles. The molecule has 0 heterocycles. The van der Waals surface area contributed by atoms with Crippen LogP contribution in [-0.2, 0) is 4.79 Å². The monoisotopic (exact) mass is 236 g/mol. The molecular formula is C14H20O3. The molecule has 17 heavy (non-hydrogen) atoms. The fraction of sp³-hybridized carbons (Fsp3) is 0.500. The number of aryl methyl sites for hydroxylation is 1. The molecule has 0 saturated heterocycles. The number of hydrogen-bond acceptors (Lipinski definition) is 3. The Labute approximate surface area is 103 Å². The first-order chi connectivity index (χ1) is 8.02. The van der Waals surface area contributed by atoms with Gasteiger partial charge in [0.2, 0.25) is 0 Å². The van der Waals surface area contributed by atoms with Crippen molar-refractivity contribution in [3.8, 4) is 11.5 Å². The van der Waals surface area contributed by atoms with Crippen LogP contribution < -0.4 is 9.47 Å². The summed E-state index contributed by atoms with van der Waals surface area (Å²) in [6.45, 7) is 6.13. The normalized spacial score (nSPS) is 10.4. The minimum atomic E-state index is -0.208. The molecule has 0 aliphatic carbocycles. The van der Waals surface area contributed by atoms with Gasteiger partial charge in [-0.25, -0.2) is 0 Å². The van der Waals surface area contributed by atoms with E-state index in [2.05, 4.69) is 13.8 Å². The largest absolute Gasteiger partial charge is 0.493 e. The van der Waals surface area contributed by atoms with Crippen LogP contribution >= 0.6 is 0 Å². The van der Waals surface area contributed by atoms with Crippen LogP contribution in [-0.4, -0.2) is 13.1 Å². The summed E-state index contributed by atoms with van der Waals surface area (Å²) in [6, 6.07) is 5.51. The van der Waals surface area contributed by atoms with Crippen molar-refractivity contribution in [2.45, 2.75) is 33.6 Å². The third kappa shape index (κ3) is 4.47. The van der Waals surface area contributed by atoms with Gasteiger partial charge in [-0.15, -0.1) is 0 Å². The van der Waals surface area contributed by atoms with Gasteiger partial charge < -0.3 is 9.47 Å². The Morgan fingerprint density at radius 1 is 1.29 bits per heavy atom. The molecule has 0 N–H and O–H groups in total. The van der Waals surface area contributed by atoms with Crippen LogP contribution in [0.5, 0.6) is 11.5 Å². The van der Waals surface area contributed by atoms with Crippen molar-refractivity contribution in [3.63, 3.8) is 0 Å². The second-order valence-corrected chi connectivity index (χ2v) is 4.56. The molecule has 0 bridgehead atoms. The molecule has 3 nitrogen and oxygen atoms in total. The van der Waals surface area contributed by atoms with Gasteiger partial charge >= 0.3 is 5.97 Å². The minimum Gasteiger partial charge on any atom is -0.493 e. The van der Waals surface area contributed by atoms with Crippen molar-refractivity contribution in [1.29, 1.82) is 0 Å². The summed E-state index contributed by atoms with van der Waals surface area (Å²) < 4.78 is 10.5. The van der Waals surface area contributed by atoms with Gasteiger partial charge in [0.1, 0.15) is 0 Å². The smallest absolute Gasteiger partial charge is 0.311 e. The first kappa shape index (κ1) is 13.6. The van der Waals surface area contributed by atoms with Crippen molar-refractivity contribution in [2.24, 2.45) is 5.92 Å². The zero-order chi connectivity index (χ0) is 12.8. The summed E-state index contributed by atoms with van der Waals surface area (Å²) in [5.74, 6) is 1.39. The van der Waals surface area contributed by atoms with Crippen LogP contribution in [0, 0.1) is 12.8 Å². The maximum absolute atomic E-state index is 11.6. The molecule has 0 aliphatic heterocycles. The average molecular weight is 236 g/mol. The summed E-state index contributed by atoms with van der Waals surface area (Å²) in [5.41, 5.74) is 1.07. The van der Waals surface area contributed by atoms with Crippen LogP contribution in [0.25, 0.3) is 0 Å². The highest BCUT2D eigenvalue weighted by Gasteiger charge is 2.10. The predicted octanol–water partition coefficient (Wildman–Crippen LogP) is 3.35. The van der Waals surface area contributed by atoms with Crippen molar-refractivity contribution in [2.75, 3.05) is 7.11 Å². The standard InChI is InChI=1S/C14H20O3/c1-10(2)5-8-14(15)17-12-7-6-11(3)9-13(12)16-4/h6-7,9-10H,5,8H2,1-4H3. The van der Waals surface area contributed by atoms with Gasteiger partial charge in [0, 0.05) is 6.42 Å². The van der Waals surface area contributed by atoms with Crippen LogP contribution in [0.4, 0.5) is 0 Å². The summed E-state index contributed by atoms with van der Waals surface area (Å²) in [6.07, 6.45) is 1.28. The van der Waals surface area contributed by atoms with E-state index >= 15 is 0 Å². The molecule has 3 heteroatoms. The number of hydrogen-bond donors (Lipinski definition) is 0. The number of methoxy groups -OCH3 is 1. The van der Waals surface area contributed by atoms with Gasteiger partial charge in [-0.2, -0.15) is 0 Å². The van der Waals surface area contributed by atoms with Gasteiger partial charge in [-0.3, -0.25) is 4.79 Å². The van der Waals surface area contributed by atoms with E-state index in [0.717, 1.165) is 12.0 Å². The molecule has 0 aliphatic rings. The van der Waals surface area contributed by atoms with E-state index in [1.165, 1.54) is 0 Å². The van der Waals surface area contributed by atoms with Gasteiger partial charge in [-0.1, -0.05) is 19.9 Å². The zero-order valence-corrected chi connectivity index (χ0v) is 10.9. The average Bonchev–Trinajstić information content (AvgIpc) is 2.28. The van der Waals surface area contributed by atoms with Crippen molar-refractivity contribution in [3.05, 3.63) is 23.8 Å². The van der Waals surface area contributed by atoms with E-state index < -0.39 is 0 Å². The predicted molar refractivity (Wildman–Crippen MR) is 67.4 cm³/mol. The van der Waals surface area contributed by atoms with Gasteiger partial charge in [-0.05, 0) is 37.0 Å². The van der Waals surface area contributed by atoms with Gasteiger partial charge in [0.25, 0.3) is 0 Å². The van der Waals surface area contributed by atoms with Gasteiger partial charge in [0.05, 0.1) is 7.11 Å². The van der Waals surface area contributed by atoms with Gasteiger partial charge in [0.15, 0.2) is 11.5 Å². The van der Waals surface area contributed by atoms with Crippen molar-refractivity contribution in [1.82, 2.24) is 0 Å². The number of ether oxygens (including phenoxy) is 2. The molecule has 0 fully saturated rings. The SMILES string of the molecule is COc1cc(C)ccc1OC(=O)CCC(C)C. The molecule has 1 rings (SSSR count). The van der Waals surface area contributed by atoms with Crippen molar-refractivity contribution >= 4 is 5.97 Å². The van der Waals surface area contributed by atoms with E-state index in [0.29, 0.717) is 23.8 Å². The van der Waals surface area contributed by atoms with E-state index in [9.17, 15) is 4.79 Å². The molecular weight excluding hydrogens is 216 g/mol. The highest BCUT2D eigenvalue weighted by atomic mass is 16.6. The highest BCUT2D eigenvalue weighted by molar-refractivity contribution is 5.73. The lowest BCUT2D eigenvalue weighted by Crippen LogP contribution is -2.09. The Kier molecular flexibility index (Phi) is 5.01. The quantitative estimate of drug-likeness (QED) is 0.581. The van der Waals surface area contributed by atoms with E-state index in [-0.39, 0.29) is 5.97 Å². The minimum absolute atomic E-state index is 0.208. The second kappa shape index (κ2) is 6.28. The molecule has 0 saturated carbocycles. The van der Waals surface area contributed by atoms with Crippen LogP contribution in [0.3, 0.4) is 0 Å². The van der Waals surface area contributed by atoms with E-state index in [1.54, 1.807) is 13.2 Å². The lowest BCUT2D eigenvalue weighted by Gasteiger charge is -2.10. The van der Waals surface area contributed by atoms with Crippen molar-refractivity contribution < 1.29 is 14.3 Å². The number of carbonyl (C=O) groups excluding carboxylic acids is 1.